The third-order valence-corrected chi connectivity index (χ3v) is 3.23. The molecule has 0 amide bonds. The van der Waals surface area contributed by atoms with Crippen molar-refractivity contribution in [1.29, 1.82) is 5.26 Å². The lowest BCUT2D eigenvalue weighted by atomic mass is 10.0. The van der Waals surface area contributed by atoms with Crippen molar-refractivity contribution in [2.75, 3.05) is 13.1 Å². The Kier molecular flexibility index (Phi) is 13.1. The maximum atomic E-state index is 8.41. The predicted octanol–water partition coefficient (Wildman–Crippen LogP) is 4.27. The van der Waals surface area contributed by atoms with Gasteiger partial charge < -0.3 is 5.32 Å². The topological polar surface area (TPSA) is 35.8 Å². The van der Waals surface area contributed by atoms with Gasteiger partial charge in [0.25, 0.3) is 0 Å². The quantitative estimate of drug-likeness (QED) is 0.702. The second-order valence-corrected chi connectivity index (χ2v) is 4.92. The maximum Gasteiger partial charge on any atom is 0.0656 e. The molecule has 0 atom stereocenters. The lowest BCUT2D eigenvalue weighted by molar-refractivity contribution is 0.444. The van der Waals surface area contributed by atoms with Gasteiger partial charge in [-0.05, 0) is 25.9 Å². The number of nitrogens with one attached hydrogen (secondary N) is 1. The Morgan fingerprint density at radius 3 is 1.76 bits per heavy atom. The monoisotopic (exact) mass is 238 g/mol. The highest BCUT2D eigenvalue weighted by atomic mass is 14.9. The van der Waals surface area contributed by atoms with Gasteiger partial charge in [0.05, 0.1) is 6.07 Å². The van der Waals surface area contributed by atoms with E-state index >= 15 is 0 Å². The molecule has 1 heterocycles. The molecule has 1 N–H and O–H groups in total. The Hall–Kier alpha value is -0.550. The van der Waals surface area contributed by atoms with Crippen molar-refractivity contribution in [2.24, 2.45) is 5.92 Å². The Bertz CT molecular complexity index is 172. The van der Waals surface area contributed by atoms with E-state index in [2.05, 4.69) is 25.2 Å². The number of rotatable bonds is 6. The third-order valence-electron chi connectivity index (χ3n) is 3.23. The van der Waals surface area contributed by atoms with Crippen molar-refractivity contribution in [3.05, 3.63) is 0 Å². The van der Waals surface area contributed by atoms with Crippen molar-refractivity contribution in [1.82, 2.24) is 5.32 Å². The molecule has 0 aromatic carbocycles. The van der Waals surface area contributed by atoms with E-state index in [1.165, 1.54) is 44.9 Å². The number of hydrogen-bond donors (Lipinski definition) is 1. The van der Waals surface area contributed by atoms with E-state index in [0.717, 1.165) is 25.9 Å². The average molecular weight is 238 g/mol. The minimum atomic E-state index is 0.330. The van der Waals surface area contributed by atoms with Crippen LogP contribution in [0.15, 0.2) is 0 Å². The van der Waals surface area contributed by atoms with Crippen LogP contribution < -0.4 is 5.32 Å². The maximum absolute atomic E-state index is 8.41. The standard InChI is InChI=1S/C9H20.C6H10N2/c1-3-5-7-9-8-6-4-2;7-5-6-1-3-8-4-2-6/h3-9H2,1-2H3;6,8H,1-4H2. The highest BCUT2D eigenvalue weighted by molar-refractivity contribution is 4.85. The zero-order valence-electron chi connectivity index (χ0n) is 11.8. The molecular weight excluding hydrogens is 208 g/mol. The highest BCUT2D eigenvalue weighted by Gasteiger charge is 2.10. The molecule has 2 nitrogen and oxygen atoms in total. The summed E-state index contributed by atoms with van der Waals surface area (Å²) in [7, 11) is 0. The molecule has 1 aliphatic heterocycles. The SMILES string of the molecule is CCCCCCCCC.N#CC1CCNCC1. The van der Waals surface area contributed by atoms with Crippen LogP contribution in [-0.4, -0.2) is 13.1 Å². The Balaban J connectivity index is 0.000000302. The first-order valence-corrected chi connectivity index (χ1v) is 7.45. The summed E-state index contributed by atoms with van der Waals surface area (Å²) < 4.78 is 0. The average Bonchev–Trinajstić information content (AvgIpc) is 2.40. The van der Waals surface area contributed by atoms with Crippen LogP contribution in [0.5, 0.6) is 0 Å². The minimum Gasteiger partial charge on any atom is -0.317 e. The summed E-state index contributed by atoms with van der Waals surface area (Å²) >= 11 is 0. The van der Waals surface area contributed by atoms with Gasteiger partial charge in [0.15, 0.2) is 0 Å². The number of piperidine rings is 1. The summed E-state index contributed by atoms with van der Waals surface area (Å²) in [5.41, 5.74) is 0. The van der Waals surface area contributed by atoms with Gasteiger partial charge in [0.1, 0.15) is 0 Å². The molecule has 0 bridgehead atoms. The molecule has 0 aromatic heterocycles. The smallest absolute Gasteiger partial charge is 0.0656 e. The van der Waals surface area contributed by atoms with Gasteiger partial charge in [-0.1, -0.05) is 58.8 Å². The first-order valence-electron chi connectivity index (χ1n) is 7.45. The fraction of sp³-hybridized carbons (Fsp3) is 0.933. The molecule has 17 heavy (non-hydrogen) atoms. The van der Waals surface area contributed by atoms with Crippen LogP contribution >= 0.6 is 0 Å². The summed E-state index contributed by atoms with van der Waals surface area (Å²) in [6.45, 7) is 6.58. The lowest BCUT2D eigenvalue weighted by Crippen LogP contribution is -2.26. The van der Waals surface area contributed by atoms with E-state index in [1.807, 2.05) is 0 Å². The van der Waals surface area contributed by atoms with Crippen molar-refractivity contribution in [3.63, 3.8) is 0 Å². The highest BCUT2D eigenvalue weighted by Crippen LogP contribution is 2.08. The molecule has 0 spiro atoms. The van der Waals surface area contributed by atoms with Crippen LogP contribution in [0.2, 0.25) is 0 Å². The summed E-state index contributed by atoms with van der Waals surface area (Å²) in [6, 6.07) is 2.26. The van der Waals surface area contributed by atoms with E-state index in [4.69, 9.17) is 5.26 Å². The Morgan fingerprint density at radius 1 is 0.941 bits per heavy atom. The molecule has 0 saturated carbocycles. The fourth-order valence-electron chi connectivity index (χ4n) is 1.98. The number of unbranched alkanes of at least 4 members (excludes halogenated alkanes) is 6. The van der Waals surface area contributed by atoms with Crippen molar-refractivity contribution >= 4 is 0 Å². The molecule has 100 valence electrons. The van der Waals surface area contributed by atoms with Crippen LogP contribution in [-0.2, 0) is 0 Å². The lowest BCUT2D eigenvalue weighted by Gasteiger charge is -2.15. The van der Waals surface area contributed by atoms with Crippen LogP contribution in [0, 0.1) is 17.2 Å². The van der Waals surface area contributed by atoms with Gasteiger partial charge in [0, 0.05) is 5.92 Å². The van der Waals surface area contributed by atoms with Crippen LogP contribution in [0.1, 0.15) is 71.6 Å². The van der Waals surface area contributed by atoms with Crippen molar-refractivity contribution < 1.29 is 0 Å². The van der Waals surface area contributed by atoms with E-state index in [-0.39, 0.29) is 0 Å². The van der Waals surface area contributed by atoms with Crippen LogP contribution in [0.25, 0.3) is 0 Å². The molecule has 0 unspecified atom stereocenters. The Labute approximate surface area is 108 Å². The van der Waals surface area contributed by atoms with Gasteiger partial charge in [-0.25, -0.2) is 0 Å². The predicted molar refractivity (Wildman–Crippen MR) is 74.9 cm³/mol. The molecule has 1 fully saturated rings. The van der Waals surface area contributed by atoms with E-state index in [9.17, 15) is 0 Å². The second-order valence-electron chi connectivity index (χ2n) is 4.92. The fourth-order valence-corrected chi connectivity index (χ4v) is 1.98. The normalized spacial score (nSPS) is 15.8. The number of nitrogens with zero attached hydrogens (tertiary/aromatic N) is 1. The summed E-state index contributed by atoms with van der Waals surface area (Å²) in [5, 5.41) is 11.6. The molecule has 1 saturated heterocycles. The van der Waals surface area contributed by atoms with Crippen molar-refractivity contribution in [2.45, 2.75) is 71.6 Å². The van der Waals surface area contributed by atoms with Crippen LogP contribution in [0.4, 0.5) is 0 Å². The molecule has 1 rings (SSSR count). The summed E-state index contributed by atoms with van der Waals surface area (Å²) in [4.78, 5) is 0. The summed E-state index contributed by atoms with van der Waals surface area (Å²) in [5.74, 6) is 0.330. The molecule has 0 radical (unpaired) electrons. The molecule has 0 aromatic rings. The first kappa shape index (κ1) is 16.4. The third kappa shape index (κ3) is 11.7. The van der Waals surface area contributed by atoms with Gasteiger partial charge >= 0.3 is 0 Å². The largest absolute Gasteiger partial charge is 0.317 e. The van der Waals surface area contributed by atoms with Gasteiger partial charge in [-0.15, -0.1) is 0 Å². The molecule has 1 aliphatic rings. The van der Waals surface area contributed by atoms with Gasteiger partial charge in [-0.2, -0.15) is 5.26 Å². The zero-order chi connectivity index (χ0) is 12.8. The molecule has 2 heteroatoms. The number of hydrogen-bond acceptors (Lipinski definition) is 2. The van der Waals surface area contributed by atoms with Gasteiger partial charge in [-0.3, -0.25) is 0 Å². The van der Waals surface area contributed by atoms with E-state index in [0.29, 0.717) is 5.92 Å². The van der Waals surface area contributed by atoms with Crippen molar-refractivity contribution in [3.8, 4) is 6.07 Å². The van der Waals surface area contributed by atoms with Crippen LogP contribution in [0.3, 0.4) is 0 Å². The first-order chi connectivity index (χ1) is 8.35. The summed E-state index contributed by atoms with van der Waals surface area (Å²) in [6.07, 6.45) is 12.0. The minimum absolute atomic E-state index is 0.330. The molecular formula is C15H30N2. The van der Waals surface area contributed by atoms with E-state index < -0.39 is 0 Å². The molecule has 0 aliphatic carbocycles. The number of nitriles is 1. The zero-order valence-corrected chi connectivity index (χ0v) is 11.8. The Morgan fingerprint density at radius 2 is 1.41 bits per heavy atom. The van der Waals surface area contributed by atoms with Gasteiger partial charge in [0.2, 0.25) is 0 Å². The second kappa shape index (κ2) is 13.5. The van der Waals surface area contributed by atoms with E-state index in [1.54, 1.807) is 0 Å².